The first-order valence-corrected chi connectivity index (χ1v) is 5.99. The zero-order chi connectivity index (χ0) is 12.4. The number of aliphatic hydroxyl groups is 2. The van der Waals surface area contributed by atoms with Crippen LogP contribution in [-0.2, 0) is 0 Å². The van der Waals surface area contributed by atoms with Gasteiger partial charge in [0.2, 0.25) is 0 Å². The summed E-state index contributed by atoms with van der Waals surface area (Å²) in [7, 11) is 0. The highest BCUT2D eigenvalue weighted by molar-refractivity contribution is 5.56. The largest absolute Gasteiger partial charge is 0.394 e. The Morgan fingerprint density at radius 3 is 2.94 bits per heavy atom. The van der Waals surface area contributed by atoms with Crippen molar-refractivity contribution in [3.8, 4) is 0 Å². The predicted molar refractivity (Wildman–Crippen MR) is 64.5 cm³/mol. The molecule has 0 bridgehead atoms. The molecule has 17 heavy (non-hydrogen) atoms. The molecule has 2 atom stereocenters. The predicted octanol–water partition coefficient (Wildman–Crippen LogP) is 1.84. The third-order valence-electron chi connectivity index (χ3n) is 3.34. The van der Waals surface area contributed by atoms with Crippen molar-refractivity contribution in [2.24, 2.45) is 0 Å². The van der Waals surface area contributed by atoms with Crippen LogP contribution in [-0.4, -0.2) is 29.4 Å². The van der Waals surface area contributed by atoms with Crippen LogP contribution < -0.4 is 4.90 Å². The van der Waals surface area contributed by atoms with Crippen LogP contribution in [0.25, 0.3) is 0 Å². The third-order valence-corrected chi connectivity index (χ3v) is 3.34. The topological polar surface area (TPSA) is 43.7 Å². The van der Waals surface area contributed by atoms with Crippen molar-refractivity contribution in [2.45, 2.75) is 31.9 Å². The molecule has 0 amide bonds. The highest BCUT2D eigenvalue weighted by atomic mass is 19.1. The van der Waals surface area contributed by atoms with Gasteiger partial charge in [0.05, 0.1) is 18.8 Å². The van der Waals surface area contributed by atoms with Crippen LogP contribution in [0.15, 0.2) is 18.2 Å². The summed E-state index contributed by atoms with van der Waals surface area (Å²) in [5.74, 6) is -0.388. The summed E-state index contributed by atoms with van der Waals surface area (Å²) in [6.07, 6.45) is 1.05. The van der Waals surface area contributed by atoms with Crippen LogP contribution in [0.1, 0.15) is 31.4 Å². The van der Waals surface area contributed by atoms with E-state index in [-0.39, 0.29) is 18.5 Å². The van der Waals surface area contributed by atoms with E-state index in [9.17, 15) is 14.6 Å². The lowest BCUT2D eigenvalue weighted by molar-refractivity contribution is 0.194. The average Bonchev–Trinajstić information content (AvgIpc) is 2.75. The van der Waals surface area contributed by atoms with Gasteiger partial charge < -0.3 is 15.1 Å². The molecule has 1 heterocycles. The molecule has 1 aromatic rings. The number of benzene rings is 1. The molecular weight excluding hydrogens is 221 g/mol. The van der Waals surface area contributed by atoms with Crippen LogP contribution in [0.4, 0.5) is 10.1 Å². The lowest BCUT2D eigenvalue weighted by Gasteiger charge is -2.28. The van der Waals surface area contributed by atoms with Crippen molar-refractivity contribution in [3.63, 3.8) is 0 Å². The second-order valence-electron chi connectivity index (χ2n) is 4.52. The Kier molecular flexibility index (Phi) is 3.64. The second kappa shape index (κ2) is 5.02. The van der Waals surface area contributed by atoms with Crippen molar-refractivity contribution in [2.75, 3.05) is 18.1 Å². The van der Waals surface area contributed by atoms with Gasteiger partial charge in [-0.15, -0.1) is 0 Å². The molecule has 2 N–H and O–H groups in total. The van der Waals surface area contributed by atoms with E-state index < -0.39 is 6.10 Å². The van der Waals surface area contributed by atoms with Gasteiger partial charge in [0.1, 0.15) is 5.82 Å². The SMILES string of the molecule is CC(O)c1c(F)cccc1N1CCCC1CO. The van der Waals surface area contributed by atoms with Crippen molar-refractivity contribution in [1.29, 1.82) is 0 Å². The van der Waals surface area contributed by atoms with Crippen LogP contribution in [0.5, 0.6) is 0 Å². The highest BCUT2D eigenvalue weighted by Crippen LogP contribution is 2.33. The minimum absolute atomic E-state index is 0.0364. The summed E-state index contributed by atoms with van der Waals surface area (Å²) in [6, 6.07) is 4.84. The van der Waals surface area contributed by atoms with Crippen LogP contribution in [0.2, 0.25) is 0 Å². The van der Waals surface area contributed by atoms with Gasteiger partial charge in [-0.1, -0.05) is 6.07 Å². The summed E-state index contributed by atoms with van der Waals surface area (Å²) in [4.78, 5) is 1.99. The maximum atomic E-state index is 13.7. The molecule has 1 fully saturated rings. The average molecular weight is 239 g/mol. The molecule has 1 aliphatic heterocycles. The van der Waals surface area contributed by atoms with Gasteiger partial charge >= 0.3 is 0 Å². The molecule has 1 aliphatic rings. The van der Waals surface area contributed by atoms with Crippen molar-refractivity contribution in [1.82, 2.24) is 0 Å². The smallest absolute Gasteiger partial charge is 0.131 e. The van der Waals surface area contributed by atoms with E-state index in [1.165, 1.54) is 6.07 Å². The van der Waals surface area contributed by atoms with Crippen molar-refractivity contribution < 1.29 is 14.6 Å². The Morgan fingerprint density at radius 2 is 2.29 bits per heavy atom. The fourth-order valence-corrected chi connectivity index (χ4v) is 2.53. The molecule has 0 radical (unpaired) electrons. The number of nitrogens with zero attached hydrogens (tertiary/aromatic N) is 1. The van der Waals surface area contributed by atoms with E-state index >= 15 is 0 Å². The summed E-state index contributed by atoms with van der Waals surface area (Å²) in [5.41, 5.74) is 1.03. The molecule has 0 saturated carbocycles. The molecule has 3 nitrogen and oxygen atoms in total. The monoisotopic (exact) mass is 239 g/mol. The molecule has 0 aromatic heterocycles. The fourth-order valence-electron chi connectivity index (χ4n) is 2.53. The molecule has 2 rings (SSSR count). The number of aliphatic hydroxyl groups excluding tert-OH is 2. The maximum Gasteiger partial charge on any atom is 0.131 e. The quantitative estimate of drug-likeness (QED) is 0.846. The molecule has 2 unspecified atom stereocenters. The van der Waals surface area contributed by atoms with E-state index in [4.69, 9.17) is 0 Å². The standard InChI is InChI=1S/C13H18FNO2/c1-9(17)13-11(14)5-2-6-12(13)15-7-3-4-10(15)8-16/h2,5-6,9-10,16-17H,3-4,7-8H2,1H3. The molecule has 1 aromatic carbocycles. The maximum absolute atomic E-state index is 13.7. The Labute approximate surface area is 100 Å². The summed E-state index contributed by atoms with van der Waals surface area (Å²) in [6.45, 7) is 2.43. The normalized spacial score (nSPS) is 21.9. The molecule has 1 saturated heterocycles. The third kappa shape index (κ3) is 2.28. The zero-order valence-corrected chi connectivity index (χ0v) is 9.93. The van der Waals surface area contributed by atoms with Gasteiger partial charge in [0.25, 0.3) is 0 Å². The Morgan fingerprint density at radius 1 is 1.53 bits per heavy atom. The molecule has 4 heteroatoms. The summed E-state index contributed by atoms with van der Waals surface area (Å²) in [5, 5.41) is 19.0. The molecular formula is C13H18FNO2. The minimum Gasteiger partial charge on any atom is -0.394 e. The first kappa shape index (κ1) is 12.3. The van der Waals surface area contributed by atoms with E-state index in [0.717, 1.165) is 19.4 Å². The Balaban J connectivity index is 2.40. The fraction of sp³-hybridized carbons (Fsp3) is 0.538. The highest BCUT2D eigenvalue weighted by Gasteiger charge is 2.27. The first-order chi connectivity index (χ1) is 8.15. The lowest BCUT2D eigenvalue weighted by Crippen LogP contribution is -2.33. The number of rotatable bonds is 3. The Hall–Kier alpha value is -1.13. The second-order valence-corrected chi connectivity index (χ2v) is 4.52. The Bertz CT molecular complexity index is 395. The van der Waals surface area contributed by atoms with Gasteiger partial charge in [0.15, 0.2) is 0 Å². The summed E-state index contributed by atoms with van der Waals surface area (Å²) >= 11 is 0. The number of hydrogen-bond acceptors (Lipinski definition) is 3. The van der Waals surface area contributed by atoms with Gasteiger partial charge in [-0.3, -0.25) is 0 Å². The lowest BCUT2D eigenvalue weighted by atomic mass is 10.1. The van der Waals surface area contributed by atoms with E-state index in [2.05, 4.69) is 0 Å². The molecule has 0 aliphatic carbocycles. The van der Waals surface area contributed by atoms with Crippen LogP contribution in [0, 0.1) is 5.82 Å². The van der Waals surface area contributed by atoms with Crippen LogP contribution >= 0.6 is 0 Å². The zero-order valence-electron chi connectivity index (χ0n) is 9.93. The van der Waals surface area contributed by atoms with Crippen molar-refractivity contribution in [3.05, 3.63) is 29.6 Å². The molecule has 0 spiro atoms. The van der Waals surface area contributed by atoms with Gasteiger partial charge in [0, 0.05) is 17.8 Å². The first-order valence-electron chi connectivity index (χ1n) is 5.99. The van der Waals surface area contributed by atoms with Gasteiger partial charge in [-0.2, -0.15) is 0 Å². The molecule has 94 valence electrons. The van der Waals surface area contributed by atoms with Gasteiger partial charge in [-0.25, -0.2) is 4.39 Å². The number of halogens is 1. The number of anilines is 1. The van der Waals surface area contributed by atoms with E-state index in [1.807, 2.05) is 4.90 Å². The van der Waals surface area contributed by atoms with E-state index in [0.29, 0.717) is 11.3 Å². The minimum atomic E-state index is -0.842. The van der Waals surface area contributed by atoms with E-state index in [1.54, 1.807) is 19.1 Å². The number of hydrogen-bond donors (Lipinski definition) is 2. The van der Waals surface area contributed by atoms with Crippen molar-refractivity contribution >= 4 is 5.69 Å². The van der Waals surface area contributed by atoms with Crippen LogP contribution in [0.3, 0.4) is 0 Å². The summed E-state index contributed by atoms with van der Waals surface area (Å²) < 4.78 is 13.7. The van der Waals surface area contributed by atoms with Gasteiger partial charge in [-0.05, 0) is 31.9 Å².